The summed E-state index contributed by atoms with van der Waals surface area (Å²) in [5.74, 6) is -5.43. The number of benzene rings is 2. The fourth-order valence-electron chi connectivity index (χ4n) is 4.44. The van der Waals surface area contributed by atoms with Crippen LogP contribution in [0.3, 0.4) is 0 Å². The van der Waals surface area contributed by atoms with Crippen molar-refractivity contribution in [1.29, 1.82) is 0 Å². The van der Waals surface area contributed by atoms with Crippen molar-refractivity contribution in [1.82, 2.24) is 14.3 Å². The maximum atomic E-state index is 14.3. The third-order valence-corrected chi connectivity index (χ3v) is 8.52. The third-order valence-electron chi connectivity index (χ3n) is 6.58. The SMILES string of the molecule is CN1[C@H](CCC(C)(F)F)CN(c2ccccc2)c2cc(C(F)(F)F)c(OCc3cncnc3C(=O)O)cc2S1(=O)=O. The number of ether oxygens (including phenoxy) is 1. The smallest absolute Gasteiger partial charge is 0.420 e. The van der Waals surface area contributed by atoms with E-state index in [1.807, 2.05) is 0 Å². The normalized spacial score (nSPS) is 17.5. The Morgan fingerprint density at radius 3 is 2.44 bits per heavy atom. The Morgan fingerprint density at radius 1 is 1.15 bits per heavy atom. The summed E-state index contributed by atoms with van der Waals surface area (Å²) in [6.45, 7) is -0.213. The number of anilines is 2. The molecule has 1 aliphatic heterocycles. The first-order valence-electron chi connectivity index (χ1n) is 12.2. The van der Waals surface area contributed by atoms with E-state index in [0.29, 0.717) is 18.7 Å². The van der Waals surface area contributed by atoms with Crippen molar-refractivity contribution in [2.75, 3.05) is 18.5 Å². The fraction of sp³-hybridized carbons (Fsp3) is 0.346. The lowest BCUT2D eigenvalue weighted by atomic mass is 10.1. The van der Waals surface area contributed by atoms with Crippen LogP contribution in [0.5, 0.6) is 5.75 Å². The van der Waals surface area contributed by atoms with E-state index in [2.05, 4.69) is 9.97 Å². The molecule has 9 nitrogen and oxygen atoms in total. The summed E-state index contributed by atoms with van der Waals surface area (Å²) in [5, 5.41) is 9.33. The Kier molecular flexibility index (Phi) is 8.23. The molecule has 15 heteroatoms. The molecule has 0 aliphatic carbocycles. The van der Waals surface area contributed by atoms with Crippen LogP contribution < -0.4 is 9.64 Å². The van der Waals surface area contributed by atoms with Gasteiger partial charge in [0.25, 0.3) is 0 Å². The molecule has 1 N–H and O–H groups in total. The second kappa shape index (κ2) is 11.2. The number of para-hydroxylation sites is 1. The van der Waals surface area contributed by atoms with Crippen LogP contribution in [-0.2, 0) is 22.8 Å². The van der Waals surface area contributed by atoms with Crippen LogP contribution in [0.15, 0.2) is 59.9 Å². The molecular formula is C26H25F5N4O5S. The molecule has 2 aromatic carbocycles. The first-order chi connectivity index (χ1) is 19.1. The second-order valence-electron chi connectivity index (χ2n) is 9.53. The highest BCUT2D eigenvalue weighted by Crippen LogP contribution is 2.46. The summed E-state index contributed by atoms with van der Waals surface area (Å²) < 4.78 is 104. The highest BCUT2D eigenvalue weighted by Gasteiger charge is 2.42. The van der Waals surface area contributed by atoms with Crippen LogP contribution in [-0.4, -0.2) is 59.3 Å². The van der Waals surface area contributed by atoms with Gasteiger partial charge in [0.15, 0.2) is 5.69 Å². The van der Waals surface area contributed by atoms with Gasteiger partial charge >= 0.3 is 12.1 Å². The minimum Gasteiger partial charge on any atom is -0.488 e. The molecule has 220 valence electrons. The quantitative estimate of drug-likeness (QED) is 0.345. The molecule has 0 bridgehead atoms. The number of carbonyl (C=O) groups is 1. The van der Waals surface area contributed by atoms with Crippen molar-refractivity contribution in [3.63, 3.8) is 0 Å². The van der Waals surface area contributed by atoms with E-state index in [0.717, 1.165) is 22.9 Å². The number of aromatic carboxylic acids is 1. The Hall–Kier alpha value is -3.85. The van der Waals surface area contributed by atoms with Crippen molar-refractivity contribution in [2.45, 2.75) is 49.4 Å². The van der Waals surface area contributed by atoms with E-state index in [4.69, 9.17) is 4.74 Å². The van der Waals surface area contributed by atoms with Crippen molar-refractivity contribution >= 4 is 27.4 Å². The Labute approximate surface area is 232 Å². The zero-order valence-electron chi connectivity index (χ0n) is 21.8. The van der Waals surface area contributed by atoms with Gasteiger partial charge in [-0.2, -0.15) is 17.5 Å². The summed E-state index contributed by atoms with van der Waals surface area (Å²) in [7, 11) is -3.34. The van der Waals surface area contributed by atoms with Crippen molar-refractivity contribution in [2.24, 2.45) is 0 Å². The molecule has 0 saturated carbocycles. The minimum atomic E-state index is -5.01. The highest BCUT2D eigenvalue weighted by atomic mass is 32.2. The zero-order chi connectivity index (χ0) is 30.2. The summed E-state index contributed by atoms with van der Waals surface area (Å²) >= 11 is 0. The summed E-state index contributed by atoms with van der Waals surface area (Å²) in [6.07, 6.45) is -3.92. The Morgan fingerprint density at radius 2 is 1.83 bits per heavy atom. The van der Waals surface area contributed by atoms with E-state index in [-0.39, 0.29) is 24.2 Å². The molecule has 0 radical (unpaired) electrons. The molecule has 1 aliphatic rings. The van der Waals surface area contributed by atoms with Gasteiger partial charge in [0.05, 0.1) is 11.3 Å². The lowest BCUT2D eigenvalue weighted by Crippen LogP contribution is -2.41. The molecule has 3 aromatic rings. The van der Waals surface area contributed by atoms with Gasteiger partial charge in [-0.25, -0.2) is 32.0 Å². The number of alkyl halides is 5. The number of carboxylic acid groups (broad SMARTS) is 1. The Bertz CT molecular complexity index is 1530. The summed E-state index contributed by atoms with van der Waals surface area (Å²) in [4.78, 5) is 19.5. The van der Waals surface area contributed by atoms with E-state index in [1.54, 1.807) is 30.3 Å². The molecule has 0 saturated heterocycles. The van der Waals surface area contributed by atoms with Gasteiger partial charge in [0, 0.05) is 49.6 Å². The van der Waals surface area contributed by atoms with Gasteiger partial charge in [0.1, 0.15) is 23.6 Å². The molecule has 0 spiro atoms. The maximum absolute atomic E-state index is 14.3. The average molecular weight is 601 g/mol. The molecule has 0 unspecified atom stereocenters. The predicted octanol–water partition coefficient (Wildman–Crippen LogP) is 5.35. The molecular weight excluding hydrogens is 575 g/mol. The highest BCUT2D eigenvalue weighted by molar-refractivity contribution is 7.89. The monoisotopic (exact) mass is 600 g/mol. The van der Waals surface area contributed by atoms with Crippen LogP contribution >= 0.6 is 0 Å². The number of halogens is 5. The van der Waals surface area contributed by atoms with Gasteiger partial charge in [-0.15, -0.1) is 0 Å². The molecule has 2 heterocycles. The maximum Gasteiger partial charge on any atom is 0.420 e. The molecule has 4 rings (SSSR count). The lowest BCUT2D eigenvalue weighted by molar-refractivity contribution is -0.139. The number of nitrogens with zero attached hydrogens (tertiary/aromatic N) is 4. The van der Waals surface area contributed by atoms with Crippen molar-refractivity contribution in [3.8, 4) is 5.75 Å². The van der Waals surface area contributed by atoms with E-state index < -0.39 is 69.1 Å². The number of fused-ring (bicyclic) bond motifs is 1. The number of rotatable bonds is 8. The van der Waals surface area contributed by atoms with Crippen molar-refractivity contribution < 1.29 is 45.0 Å². The van der Waals surface area contributed by atoms with Crippen LogP contribution in [0, 0.1) is 0 Å². The molecule has 0 fully saturated rings. The Balaban J connectivity index is 1.88. The van der Waals surface area contributed by atoms with E-state index in [1.165, 1.54) is 11.9 Å². The van der Waals surface area contributed by atoms with Gasteiger partial charge in [-0.05, 0) is 31.5 Å². The van der Waals surface area contributed by atoms with Crippen LogP contribution in [0.4, 0.5) is 33.3 Å². The van der Waals surface area contributed by atoms with E-state index >= 15 is 0 Å². The lowest BCUT2D eigenvalue weighted by Gasteiger charge is -2.30. The van der Waals surface area contributed by atoms with Gasteiger partial charge < -0.3 is 14.7 Å². The third kappa shape index (κ3) is 6.56. The number of hydrogen-bond donors (Lipinski definition) is 1. The van der Waals surface area contributed by atoms with Gasteiger partial charge in [-0.3, -0.25) is 0 Å². The van der Waals surface area contributed by atoms with Crippen LogP contribution in [0.1, 0.15) is 41.4 Å². The van der Waals surface area contributed by atoms with E-state index in [9.17, 15) is 40.3 Å². The number of sulfonamides is 1. The first kappa shape index (κ1) is 30.1. The second-order valence-corrected chi connectivity index (χ2v) is 11.5. The summed E-state index contributed by atoms with van der Waals surface area (Å²) in [6, 6.07) is 8.35. The standard InChI is InChI=1S/C26H25F5N4O5S/c1-25(27,28)9-8-18-13-35(17-6-4-3-5-7-17)20-10-19(26(29,30)31)21(11-22(20)41(38,39)34(18)2)40-14-16-12-32-15-33-23(16)24(36)37/h3-7,10-12,15,18H,8-9,13-14H2,1-2H3,(H,36,37)/t18-/m1/s1. The number of likely N-dealkylation sites (N-methyl/N-ethyl adjacent to an activating group) is 1. The zero-order valence-corrected chi connectivity index (χ0v) is 22.6. The molecule has 0 amide bonds. The summed E-state index contributed by atoms with van der Waals surface area (Å²) in [5.41, 5.74) is -1.93. The molecule has 41 heavy (non-hydrogen) atoms. The number of hydrogen-bond acceptors (Lipinski definition) is 7. The first-order valence-corrected chi connectivity index (χ1v) is 13.6. The van der Waals surface area contributed by atoms with Crippen LogP contribution in [0.2, 0.25) is 0 Å². The predicted molar refractivity (Wildman–Crippen MR) is 137 cm³/mol. The van der Waals surface area contributed by atoms with Crippen molar-refractivity contribution in [3.05, 3.63) is 71.8 Å². The minimum absolute atomic E-state index is 0.144. The average Bonchev–Trinajstić information content (AvgIpc) is 2.98. The largest absolute Gasteiger partial charge is 0.488 e. The fourth-order valence-corrected chi connectivity index (χ4v) is 6.01. The van der Waals surface area contributed by atoms with Crippen LogP contribution in [0.25, 0.3) is 0 Å². The molecule has 1 atom stereocenters. The number of aromatic nitrogens is 2. The topological polar surface area (TPSA) is 113 Å². The molecule has 1 aromatic heterocycles. The van der Waals surface area contributed by atoms with Gasteiger partial charge in [-0.1, -0.05) is 18.2 Å². The van der Waals surface area contributed by atoms with Gasteiger partial charge in [0.2, 0.25) is 15.9 Å². The number of carboxylic acids is 1.